The van der Waals surface area contributed by atoms with Crippen LogP contribution in [0.5, 0.6) is 5.75 Å². The van der Waals surface area contributed by atoms with Gasteiger partial charge in [0, 0.05) is 18.8 Å². The van der Waals surface area contributed by atoms with Crippen molar-refractivity contribution in [3.8, 4) is 5.75 Å². The van der Waals surface area contributed by atoms with E-state index in [-0.39, 0.29) is 17.9 Å². The summed E-state index contributed by atoms with van der Waals surface area (Å²) in [6.45, 7) is 11.3. The Hall–Kier alpha value is -1.95. The van der Waals surface area contributed by atoms with E-state index in [1.165, 1.54) is 0 Å². The van der Waals surface area contributed by atoms with Gasteiger partial charge in [0.1, 0.15) is 11.7 Å². The summed E-state index contributed by atoms with van der Waals surface area (Å²) in [5.41, 5.74) is 3.92. The Labute approximate surface area is 155 Å². The first-order chi connectivity index (χ1) is 11.8. The Morgan fingerprint density at radius 3 is 2.44 bits per heavy atom. The number of rotatable bonds is 5. The van der Waals surface area contributed by atoms with Crippen molar-refractivity contribution in [2.45, 2.75) is 40.7 Å². The zero-order valence-corrected chi connectivity index (χ0v) is 16.7. The lowest BCUT2D eigenvalue weighted by Gasteiger charge is -2.35. The van der Waals surface area contributed by atoms with Gasteiger partial charge in [0.25, 0.3) is 0 Å². The molecule has 1 amide bonds. The number of hydrogen-bond donors (Lipinski definition) is 1. The predicted molar refractivity (Wildman–Crippen MR) is 105 cm³/mol. The number of aryl methyl sites for hydroxylation is 2. The highest BCUT2D eigenvalue weighted by Crippen LogP contribution is 2.33. The molecule has 2 unspecified atom stereocenters. The molecule has 1 aliphatic heterocycles. The molecule has 0 bridgehead atoms. The molecule has 1 N–H and O–H groups in total. The first-order valence-corrected chi connectivity index (χ1v) is 9.04. The molecule has 0 aliphatic carbocycles. The number of carbonyl (C=O) groups is 1. The summed E-state index contributed by atoms with van der Waals surface area (Å²) in [6.07, 6.45) is 0. The van der Waals surface area contributed by atoms with E-state index in [0.717, 1.165) is 28.2 Å². The summed E-state index contributed by atoms with van der Waals surface area (Å²) >= 11 is 5.30. The molecule has 1 aromatic rings. The van der Waals surface area contributed by atoms with Gasteiger partial charge in [0.2, 0.25) is 5.91 Å². The van der Waals surface area contributed by atoms with Crippen molar-refractivity contribution < 1.29 is 9.53 Å². The van der Waals surface area contributed by atoms with E-state index in [0.29, 0.717) is 18.2 Å². The van der Waals surface area contributed by atoms with E-state index in [2.05, 4.69) is 16.4 Å². The van der Waals surface area contributed by atoms with Crippen LogP contribution in [0.1, 0.15) is 43.5 Å². The van der Waals surface area contributed by atoms with E-state index in [1.807, 2.05) is 45.6 Å². The van der Waals surface area contributed by atoms with E-state index >= 15 is 0 Å². The van der Waals surface area contributed by atoms with Crippen LogP contribution >= 0.6 is 12.2 Å². The maximum atomic E-state index is 13.1. The monoisotopic (exact) mass is 361 g/mol. The third kappa shape index (κ3) is 3.84. The Kier molecular flexibility index (Phi) is 6.16. The van der Waals surface area contributed by atoms with Gasteiger partial charge in [-0.15, -0.1) is 0 Å². The average molecular weight is 362 g/mol. The molecule has 0 radical (unpaired) electrons. The number of methoxy groups -OCH3 is 1. The molecule has 5 nitrogen and oxygen atoms in total. The average Bonchev–Trinajstić information content (AvgIpc) is 2.56. The van der Waals surface area contributed by atoms with Crippen molar-refractivity contribution in [2.75, 3.05) is 20.2 Å². The van der Waals surface area contributed by atoms with Gasteiger partial charge in [-0.05, 0) is 69.6 Å². The van der Waals surface area contributed by atoms with Crippen LogP contribution in [-0.2, 0) is 4.79 Å². The normalized spacial score (nSPS) is 19.9. The summed E-state index contributed by atoms with van der Waals surface area (Å²) < 4.78 is 5.41. The third-order valence-electron chi connectivity index (χ3n) is 4.80. The van der Waals surface area contributed by atoms with Crippen molar-refractivity contribution in [1.82, 2.24) is 10.2 Å². The van der Waals surface area contributed by atoms with Crippen LogP contribution in [0.3, 0.4) is 0 Å². The second kappa shape index (κ2) is 7.95. The summed E-state index contributed by atoms with van der Waals surface area (Å²) in [5, 5.41) is 3.69. The highest BCUT2D eigenvalue weighted by atomic mass is 32.1. The number of ether oxygens (including phenoxy) is 1. The first kappa shape index (κ1) is 19.4. The Balaban J connectivity index is 2.53. The zero-order chi connectivity index (χ0) is 18.7. The standard InChI is InChI=1S/C19H27N3O2S/c1-7-22(8-2)18(23)16-13(5)20-19(25)21-17(16)14-9-12(4)15(24-6)10-11(14)3/h9-10,16-17H,7-8H2,1-6H3,(H,21,25). The van der Waals surface area contributed by atoms with Crippen molar-refractivity contribution in [2.24, 2.45) is 10.9 Å². The van der Waals surface area contributed by atoms with Gasteiger partial charge < -0.3 is 15.0 Å². The minimum absolute atomic E-state index is 0.0825. The SMILES string of the molecule is CCN(CC)C(=O)C1C(C)=NC(=S)NC1c1cc(C)c(OC)cc1C. The molecular formula is C19H27N3O2S. The Morgan fingerprint density at radius 2 is 1.88 bits per heavy atom. The molecule has 0 spiro atoms. The summed E-state index contributed by atoms with van der Waals surface area (Å²) in [6, 6.07) is 3.87. The van der Waals surface area contributed by atoms with Gasteiger partial charge >= 0.3 is 0 Å². The van der Waals surface area contributed by atoms with Crippen LogP contribution in [0.15, 0.2) is 17.1 Å². The van der Waals surface area contributed by atoms with Gasteiger partial charge in [0.15, 0.2) is 5.11 Å². The highest BCUT2D eigenvalue weighted by Gasteiger charge is 2.38. The van der Waals surface area contributed by atoms with Crippen LogP contribution in [0.25, 0.3) is 0 Å². The maximum absolute atomic E-state index is 13.1. The van der Waals surface area contributed by atoms with Crippen LogP contribution in [0.2, 0.25) is 0 Å². The second-order valence-electron chi connectivity index (χ2n) is 6.35. The minimum atomic E-state index is -0.363. The molecule has 6 heteroatoms. The van der Waals surface area contributed by atoms with Gasteiger partial charge in [-0.1, -0.05) is 6.07 Å². The van der Waals surface area contributed by atoms with Crippen molar-refractivity contribution in [1.29, 1.82) is 0 Å². The fraction of sp³-hybridized carbons (Fsp3) is 0.526. The molecule has 25 heavy (non-hydrogen) atoms. The summed E-state index contributed by atoms with van der Waals surface area (Å²) in [4.78, 5) is 19.3. The van der Waals surface area contributed by atoms with Crippen molar-refractivity contribution in [3.63, 3.8) is 0 Å². The number of benzene rings is 1. The van der Waals surface area contributed by atoms with Gasteiger partial charge in [0.05, 0.1) is 13.2 Å². The summed E-state index contributed by atoms with van der Waals surface area (Å²) in [5.74, 6) is 0.564. The number of nitrogens with one attached hydrogen (secondary N) is 1. The van der Waals surface area contributed by atoms with Crippen molar-refractivity contribution >= 4 is 28.9 Å². The van der Waals surface area contributed by atoms with E-state index in [4.69, 9.17) is 17.0 Å². The number of thiocarbonyl (C=S) groups is 1. The van der Waals surface area contributed by atoms with Crippen LogP contribution < -0.4 is 10.1 Å². The third-order valence-corrected chi connectivity index (χ3v) is 5.01. The Morgan fingerprint density at radius 1 is 1.24 bits per heavy atom. The van der Waals surface area contributed by atoms with Crippen LogP contribution in [0, 0.1) is 19.8 Å². The van der Waals surface area contributed by atoms with Gasteiger partial charge in [-0.25, -0.2) is 4.99 Å². The topological polar surface area (TPSA) is 53.9 Å². The van der Waals surface area contributed by atoms with E-state index in [9.17, 15) is 4.79 Å². The molecule has 2 atom stereocenters. The van der Waals surface area contributed by atoms with Crippen LogP contribution in [0.4, 0.5) is 0 Å². The first-order valence-electron chi connectivity index (χ1n) is 8.63. The number of carbonyl (C=O) groups excluding carboxylic acids is 1. The maximum Gasteiger partial charge on any atom is 0.233 e. The molecular weight excluding hydrogens is 334 g/mol. The fourth-order valence-electron chi connectivity index (χ4n) is 3.40. The molecule has 1 heterocycles. The van der Waals surface area contributed by atoms with Crippen molar-refractivity contribution in [3.05, 3.63) is 28.8 Å². The molecule has 0 aromatic heterocycles. The lowest BCUT2D eigenvalue weighted by atomic mass is 9.84. The number of hydrogen-bond acceptors (Lipinski definition) is 3. The molecule has 0 saturated carbocycles. The Bertz CT molecular complexity index is 711. The summed E-state index contributed by atoms with van der Waals surface area (Å²) in [7, 11) is 1.67. The quantitative estimate of drug-likeness (QED) is 0.819. The van der Waals surface area contributed by atoms with Gasteiger partial charge in [-0.3, -0.25) is 4.79 Å². The number of nitrogens with zero attached hydrogens (tertiary/aromatic N) is 2. The fourth-order valence-corrected chi connectivity index (χ4v) is 3.67. The van der Waals surface area contributed by atoms with E-state index < -0.39 is 0 Å². The number of aliphatic imine (C=N–C) groups is 1. The predicted octanol–water partition coefficient (Wildman–Crippen LogP) is 3.19. The lowest BCUT2D eigenvalue weighted by Crippen LogP contribution is -2.49. The minimum Gasteiger partial charge on any atom is -0.496 e. The number of amides is 1. The molecule has 2 rings (SSSR count). The lowest BCUT2D eigenvalue weighted by molar-refractivity contribution is -0.133. The van der Waals surface area contributed by atoms with Crippen LogP contribution in [-0.4, -0.2) is 41.8 Å². The van der Waals surface area contributed by atoms with Gasteiger partial charge in [-0.2, -0.15) is 0 Å². The largest absolute Gasteiger partial charge is 0.496 e. The highest BCUT2D eigenvalue weighted by molar-refractivity contribution is 7.80. The molecule has 0 fully saturated rings. The smallest absolute Gasteiger partial charge is 0.233 e. The second-order valence-corrected chi connectivity index (χ2v) is 6.73. The van der Waals surface area contributed by atoms with E-state index in [1.54, 1.807) is 7.11 Å². The molecule has 0 saturated heterocycles. The molecule has 1 aliphatic rings. The molecule has 1 aromatic carbocycles. The molecule has 136 valence electrons. The zero-order valence-electron chi connectivity index (χ0n) is 15.8.